The van der Waals surface area contributed by atoms with E-state index >= 15 is 0 Å². The fourth-order valence-electron chi connectivity index (χ4n) is 1.83. The van der Waals surface area contributed by atoms with Crippen LogP contribution in [0.5, 0.6) is 0 Å². The van der Waals surface area contributed by atoms with Crippen LogP contribution in [0.25, 0.3) is 0 Å². The number of aryl methyl sites for hydroxylation is 1. The minimum absolute atomic E-state index is 0.0268. The molecule has 0 saturated heterocycles. The zero-order valence-electron chi connectivity index (χ0n) is 11.3. The molecule has 1 heterocycles. The number of nitrogens with one attached hydrogen (secondary N) is 1. The highest BCUT2D eigenvalue weighted by molar-refractivity contribution is 5.58. The van der Waals surface area contributed by atoms with E-state index in [0.717, 1.165) is 23.7 Å². The lowest BCUT2D eigenvalue weighted by atomic mass is 10.2. The van der Waals surface area contributed by atoms with Crippen molar-refractivity contribution < 1.29 is 10.2 Å². The number of nitrogens with zero attached hydrogens (tertiary/aromatic N) is 3. The van der Waals surface area contributed by atoms with Gasteiger partial charge < -0.3 is 20.4 Å². The second-order valence-corrected chi connectivity index (χ2v) is 4.03. The molecule has 6 heteroatoms. The van der Waals surface area contributed by atoms with Gasteiger partial charge >= 0.3 is 0 Å². The Balaban J connectivity index is 3.11. The molecule has 0 radical (unpaired) electrons. The Bertz CT molecular complexity index is 379. The smallest absolute Gasteiger partial charge is 0.137 e. The molecule has 0 aromatic carbocycles. The topological polar surface area (TPSA) is 81.5 Å². The van der Waals surface area contributed by atoms with E-state index in [1.165, 1.54) is 0 Å². The first-order valence-electron chi connectivity index (χ1n) is 6.19. The van der Waals surface area contributed by atoms with Crippen LogP contribution in [0.3, 0.4) is 0 Å². The summed E-state index contributed by atoms with van der Waals surface area (Å²) in [5, 5.41) is 21.3. The number of aromatic nitrogens is 2. The molecule has 0 atom stereocenters. The molecule has 0 amide bonds. The van der Waals surface area contributed by atoms with Crippen LogP contribution in [0.1, 0.15) is 18.3 Å². The van der Waals surface area contributed by atoms with Crippen molar-refractivity contribution in [1.82, 2.24) is 9.97 Å². The van der Waals surface area contributed by atoms with E-state index in [-0.39, 0.29) is 13.2 Å². The quantitative estimate of drug-likeness (QED) is 0.650. The first-order valence-corrected chi connectivity index (χ1v) is 6.19. The molecule has 0 fully saturated rings. The summed E-state index contributed by atoms with van der Waals surface area (Å²) in [4.78, 5) is 10.6. The van der Waals surface area contributed by atoms with E-state index in [9.17, 15) is 0 Å². The van der Waals surface area contributed by atoms with Crippen molar-refractivity contribution in [2.75, 3.05) is 43.1 Å². The standard InChI is InChI=1S/C12H22N4O2/c1-4-13-11-9(2)12(15-10(3)14-11)16(5-7-17)6-8-18/h17-18H,4-8H2,1-3H3,(H,13,14,15). The van der Waals surface area contributed by atoms with Gasteiger partial charge in [0.2, 0.25) is 0 Å². The summed E-state index contributed by atoms with van der Waals surface area (Å²) in [6.45, 7) is 7.52. The van der Waals surface area contributed by atoms with Crippen molar-refractivity contribution in [2.45, 2.75) is 20.8 Å². The van der Waals surface area contributed by atoms with Gasteiger partial charge in [-0.25, -0.2) is 9.97 Å². The van der Waals surface area contributed by atoms with Crippen molar-refractivity contribution >= 4 is 11.6 Å². The van der Waals surface area contributed by atoms with Gasteiger partial charge in [-0.2, -0.15) is 0 Å². The van der Waals surface area contributed by atoms with Crippen LogP contribution >= 0.6 is 0 Å². The molecule has 1 aromatic heterocycles. The average Bonchev–Trinajstić information content (AvgIpc) is 2.33. The molecule has 1 rings (SSSR count). The molecule has 0 spiro atoms. The molecule has 18 heavy (non-hydrogen) atoms. The maximum atomic E-state index is 9.08. The summed E-state index contributed by atoms with van der Waals surface area (Å²) in [5.74, 6) is 2.25. The Morgan fingerprint density at radius 3 is 2.22 bits per heavy atom. The van der Waals surface area contributed by atoms with Gasteiger partial charge in [0.15, 0.2) is 0 Å². The number of hydrogen-bond donors (Lipinski definition) is 3. The van der Waals surface area contributed by atoms with Gasteiger partial charge in [0, 0.05) is 25.2 Å². The van der Waals surface area contributed by atoms with Gasteiger partial charge in [0.1, 0.15) is 17.5 Å². The van der Waals surface area contributed by atoms with Crippen molar-refractivity contribution in [1.29, 1.82) is 0 Å². The summed E-state index contributed by atoms with van der Waals surface area (Å²) < 4.78 is 0. The minimum Gasteiger partial charge on any atom is -0.395 e. The second-order valence-electron chi connectivity index (χ2n) is 4.03. The maximum absolute atomic E-state index is 9.08. The highest BCUT2D eigenvalue weighted by atomic mass is 16.3. The molecule has 0 unspecified atom stereocenters. The van der Waals surface area contributed by atoms with Crippen molar-refractivity contribution in [3.63, 3.8) is 0 Å². The van der Waals surface area contributed by atoms with Gasteiger partial charge in [0.05, 0.1) is 13.2 Å². The first kappa shape index (κ1) is 14.7. The molecule has 1 aromatic rings. The summed E-state index contributed by atoms with van der Waals surface area (Å²) in [6.07, 6.45) is 0. The van der Waals surface area contributed by atoms with Crippen LogP contribution < -0.4 is 10.2 Å². The average molecular weight is 254 g/mol. The van der Waals surface area contributed by atoms with Crippen LogP contribution in [0, 0.1) is 13.8 Å². The Morgan fingerprint density at radius 2 is 1.72 bits per heavy atom. The summed E-state index contributed by atoms with van der Waals surface area (Å²) in [6, 6.07) is 0. The monoisotopic (exact) mass is 254 g/mol. The van der Waals surface area contributed by atoms with Crippen LogP contribution in [0.15, 0.2) is 0 Å². The molecule has 102 valence electrons. The normalized spacial score (nSPS) is 10.5. The van der Waals surface area contributed by atoms with Gasteiger partial charge in [-0.3, -0.25) is 0 Å². The fraction of sp³-hybridized carbons (Fsp3) is 0.667. The summed E-state index contributed by atoms with van der Waals surface area (Å²) in [5.41, 5.74) is 0.935. The zero-order chi connectivity index (χ0) is 13.5. The van der Waals surface area contributed by atoms with Gasteiger partial charge in [-0.1, -0.05) is 0 Å². The highest BCUT2D eigenvalue weighted by Crippen LogP contribution is 2.23. The lowest BCUT2D eigenvalue weighted by Gasteiger charge is -2.24. The van der Waals surface area contributed by atoms with E-state index in [0.29, 0.717) is 18.9 Å². The number of anilines is 2. The predicted octanol–water partition coefficient (Wildman–Crippen LogP) is 0.316. The third-order valence-electron chi connectivity index (χ3n) is 2.62. The Labute approximate surface area is 108 Å². The van der Waals surface area contributed by atoms with E-state index in [2.05, 4.69) is 15.3 Å². The van der Waals surface area contributed by atoms with Crippen molar-refractivity contribution in [3.8, 4) is 0 Å². The number of aliphatic hydroxyl groups excluding tert-OH is 2. The zero-order valence-corrected chi connectivity index (χ0v) is 11.3. The van der Waals surface area contributed by atoms with E-state index in [1.807, 2.05) is 25.7 Å². The molecule has 6 nitrogen and oxygen atoms in total. The third kappa shape index (κ3) is 3.54. The Morgan fingerprint density at radius 1 is 1.11 bits per heavy atom. The number of hydrogen-bond acceptors (Lipinski definition) is 6. The molecule has 0 aliphatic rings. The molecule has 0 aliphatic carbocycles. The second kappa shape index (κ2) is 7.13. The molecule has 0 aliphatic heterocycles. The van der Waals surface area contributed by atoms with Crippen LogP contribution in [-0.2, 0) is 0 Å². The predicted molar refractivity (Wildman–Crippen MR) is 72.1 cm³/mol. The Hall–Kier alpha value is -1.40. The minimum atomic E-state index is 0.0268. The van der Waals surface area contributed by atoms with E-state index in [1.54, 1.807) is 0 Å². The summed E-state index contributed by atoms with van der Waals surface area (Å²) >= 11 is 0. The highest BCUT2D eigenvalue weighted by Gasteiger charge is 2.14. The Kier molecular flexibility index (Phi) is 5.80. The van der Waals surface area contributed by atoms with Crippen LogP contribution in [0.4, 0.5) is 11.6 Å². The van der Waals surface area contributed by atoms with Gasteiger partial charge in [0.25, 0.3) is 0 Å². The number of aliphatic hydroxyl groups is 2. The summed E-state index contributed by atoms with van der Waals surface area (Å²) in [7, 11) is 0. The molecular formula is C12H22N4O2. The van der Waals surface area contributed by atoms with Crippen LogP contribution in [0.2, 0.25) is 0 Å². The third-order valence-corrected chi connectivity index (χ3v) is 2.62. The number of rotatable bonds is 7. The van der Waals surface area contributed by atoms with Gasteiger partial charge in [-0.15, -0.1) is 0 Å². The molecule has 0 saturated carbocycles. The van der Waals surface area contributed by atoms with Crippen LogP contribution in [-0.4, -0.2) is 53.0 Å². The lowest BCUT2D eigenvalue weighted by Crippen LogP contribution is -2.31. The largest absolute Gasteiger partial charge is 0.395 e. The SMILES string of the molecule is CCNc1nc(C)nc(N(CCO)CCO)c1C. The first-order chi connectivity index (χ1) is 8.63. The van der Waals surface area contributed by atoms with E-state index in [4.69, 9.17) is 10.2 Å². The maximum Gasteiger partial charge on any atom is 0.137 e. The fourth-order valence-corrected chi connectivity index (χ4v) is 1.83. The molecule has 0 bridgehead atoms. The molecule has 3 N–H and O–H groups in total. The van der Waals surface area contributed by atoms with Gasteiger partial charge in [-0.05, 0) is 20.8 Å². The molecular weight excluding hydrogens is 232 g/mol. The van der Waals surface area contributed by atoms with Crippen molar-refractivity contribution in [2.24, 2.45) is 0 Å². The van der Waals surface area contributed by atoms with Crippen molar-refractivity contribution in [3.05, 3.63) is 11.4 Å². The lowest BCUT2D eigenvalue weighted by molar-refractivity contribution is 0.280. The van der Waals surface area contributed by atoms with E-state index < -0.39 is 0 Å².